The highest BCUT2D eigenvalue weighted by Crippen LogP contribution is 2.37. The highest BCUT2D eigenvalue weighted by atomic mass is 19.1. The molecule has 0 spiro atoms. The zero-order chi connectivity index (χ0) is 23.4. The third-order valence-corrected chi connectivity index (χ3v) is 5.85. The summed E-state index contributed by atoms with van der Waals surface area (Å²) in [5.41, 5.74) is 2.77. The van der Waals surface area contributed by atoms with E-state index in [1.165, 1.54) is 6.07 Å². The van der Waals surface area contributed by atoms with Crippen molar-refractivity contribution < 1.29 is 18.7 Å². The van der Waals surface area contributed by atoms with E-state index in [4.69, 9.17) is 14.7 Å². The number of carbonyl (C=O) groups excluding carboxylic acids is 1. The Bertz CT molecular complexity index is 1210. The van der Waals surface area contributed by atoms with Crippen LogP contribution in [0.1, 0.15) is 31.2 Å². The minimum atomic E-state index is -0.512. The summed E-state index contributed by atoms with van der Waals surface area (Å²) < 4.78 is 26.0. The molecule has 2 aliphatic rings. The summed E-state index contributed by atoms with van der Waals surface area (Å²) in [5.74, 6) is 0.533. The molecule has 8 nitrogen and oxygen atoms in total. The Balaban J connectivity index is 0.00000126. The highest BCUT2D eigenvalue weighted by molar-refractivity contribution is 5.92. The van der Waals surface area contributed by atoms with Crippen molar-refractivity contribution in [3.63, 3.8) is 0 Å². The molecule has 1 aliphatic heterocycles. The number of nitrogens with one attached hydrogen (secondary N) is 2. The molecule has 0 bridgehead atoms. The van der Waals surface area contributed by atoms with Gasteiger partial charge in [-0.25, -0.2) is 24.4 Å². The zero-order valence-electron chi connectivity index (χ0n) is 18.2. The first-order valence-corrected chi connectivity index (χ1v) is 10.8. The van der Waals surface area contributed by atoms with Gasteiger partial charge in [-0.3, -0.25) is 5.32 Å². The lowest BCUT2D eigenvalue weighted by atomic mass is 9.98. The molecule has 1 fully saturated rings. The Morgan fingerprint density at radius 2 is 1.97 bits per heavy atom. The van der Waals surface area contributed by atoms with Gasteiger partial charge in [-0.1, -0.05) is 0 Å². The molecule has 0 unspecified atom stereocenters. The Labute approximate surface area is 190 Å². The maximum absolute atomic E-state index is 15.0. The van der Waals surface area contributed by atoms with E-state index in [9.17, 15) is 9.18 Å². The Morgan fingerprint density at radius 1 is 1.18 bits per heavy atom. The van der Waals surface area contributed by atoms with Crippen molar-refractivity contribution in [1.29, 1.82) is 5.26 Å². The summed E-state index contributed by atoms with van der Waals surface area (Å²) in [6, 6.07) is 4.91. The smallest absolute Gasteiger partial charge is 0.413 e. The fourth-order valence-corrected chi connectivity index (χ4v) is 4.22. The van der Waals surface area contributed by atoms with Crippen molar-refractivity contribution in [2.45, 2.75) is 38.7 Å². The number of hydrogen-bond acceptors (Lipinski definition) is 7. The van der Waals surface area contributed by atoms with Gasteiger partial charge in [0.1, 0.15) is 30.0 Å². The van der Waals surface area contributed by atoms with Gasteiger partial charge >= 0.3 is 6.09 Å². The monoisotopic (exact) mass is 449 g/mol. The van der Waals surface area contributed by atoms with Gasteiger partial charge in [-0.2, -0.15) is 0 Å². The number of carbonyl (C=O) groups is 1. The lowest BCUT2D eigenvalue weighted by Crippen LogP contribution is -2.20. The number of rotatable bonds is 3. The molecule has 33 heavy (non-hydrogen) atoms. The number of nitrogens with zero attached hydrogens (tertiary/aromatic N) is 3. The fourth-order valence-electron chi connectivity index (χ4n) is 4.22. The number of ether oxygens (including phenoxy) is 2. The van der Waals surface area contributed by atoms with Gasteiger partial charge in [-0.15, -0.1) is 0 Å². The van der Waals surface area contributed by atoms with Crippen molar-refractivity contribution >= 4 is 28.4 Å². The van der Waals surface area contributed by atoms with Crippen molar-refractivity contribution in [2.75, 3.05) is 23.8 Å². The van der Waals surface area contributed by atoms with Crippen LogP contribution in [0.5, 0.6) is 5.88 Å². The number of pyridine rings is 2. The third-order valence-electron chi connectivity index (χ3n) is 5.85. The van der Waals surface area contributed by atoms with Gasteiger partial charge in [0, 0.05) is 42.0 Å². The van der Waals surface area contributed by atoms with Crippen LogP contribution in [0.15, 0.2) is 30.6 Å². The predicted octanol–water partition coefficient (Wildman–Crippen LogP) is 5.18. The fraction of sp³-hybridized carbons (Fsp3) is 0.333. The summed E-state index contributed by atoms with van der Waals surface area (Å²) >= 11 is 0. The first kappa shape index (κ1) is 22.3. The van der Waals surface area contributed by atoms with Gasteiger partial charge in [0.15, 0.2) is 0 Å². The number of aromatic nitrogens is 2. The molecule has 1 aliphatic carbocycles. The first-order valence-electron chi connectivity index (χ1n) is 10.8. The minimum absolute atomic E-state index is 0.0294. The van der Waals surface area contributed by atoms with E-state index in [2.05, 4.69) is 27.2 Å². The van der Waals surface area contributed by atoms with E-state index in [1.807, 2.05) is 6.92 Å². The van der Waals surface area contributed by atoms with Gasteiger partial charge in [0.25, 0.3) is 0 Å². The van der Waals surface area contributed by atoms with E-state index in [1.54, 1.807) is 24.5 Å². The van der Waals surface area contributed by atoms with Crippen LogP contribution in [0.2, 0.25) is 0 Å². The summed E-state index contributed by atoms with van der Waals surface area (Å²) in [7, 11) is 0. The van der Waals surface area contributed by atoms with Crippen LogP contribution in [0, 0.1) is 24.6 Å². The number of halogens is 1. The number of benzene rings is 1. The second kappa shape index (κ2) is 9.69. The second-order valence-electron chi connectivity index (χ2n) is 7.94. The normalized spacial score (nSPS) is 14.9. The van der Waals surface area contributed by atoms with E-state index in [0.717, 1.165) is 42.3 Å². The molecular formula is C24H24FN5O3. The molecule has 2 N–H and O–H groups in total. The number of hydrogen-bond donors (Lipinski definition) is 2. The van der Waals surface area contributed by atoms with E-state index >= 15 is 0 Å². The molecule has 1 aromatic carbocycles. The van der Waals surface area contributed by atoms with Crippen molar-refractivity contribution in [3.8, 4) is 23.6 Å². The molecule has 170 valence electrons. The quantitative estimate of drug-likeness (QED) is 0.567. The molecule has 2 aromatic heterocycles. The van der Waals surface area contributed by atoms with Crippen LogP contribution < -0.4 is 15.4 Å². The van der Waals surface area contributed by atoms with E-state index < -0.39 is 6.09 Å². The molecule has 0 radical (unpaired) electrons. The molecular weight excluding hydrogens is 425 g/mol. The summed E-state index contributed by atoms with van der Waals surface area (Å²) in [6.45, 7) is 6.64. The Kier molecular flexibility index (Phi) is 6.54. The highest BCUT2D eigenvalue weighted by Gasteiger charge is 2.21. The molecule has 9 heteroatoms. The largest absolute Gasteiger partial charge is 0.474 e. The molecule has 1 saturated carbocycles. The topological polar surface area (TPSA) is 109 Å². The number of fused-ring (bicyclic) bond motifs is 2. The number of amides is 1. The lowest BCUT2D eigenvalue weighted by molar-refractivity contribution is 0.114. The summed E-state index contributed by atoms with van der Waals surface area (Å²) in [5, 5.41) is 13.9. The predicted molar refractivity (Wildman–Crippen MR) is 123 cm³/mol. The van der Waals surface area contributed by atoms with Crippen molar-refractivity contribution in [2.24, 2.45) is 0 Å². The molecule has 0 saturated heterocycles. The zero-order valence-corrected chi connectivity index (χ0v) is 18.2. The van der Waals surface area contributed by atoms with E-state index in [0.29, 0.717) is 41.4 Å². The van der Waals surface area contributed by atoms with Gasteiger partial charge < -0.3 is 14.8 Å². The maximum atomic E-state index is 15.0. The lowest BCUT2D eigenvalue weighted by Gasteiger charge is -2.21. The average Bonchev–Trinajstić information content (AvgIpc) is 3.34. The molecule has 3 heterocycles. The summed E-state index contributed by atoms with van der Waals surface area (Å²) in [4.78, 5) is 20.7. The van der Waals surface area contributed by atoms with Crippen LogP contribution in [0.25, 0.3) is 21.9 Å². The number of nitriles is 1. The van der Waals surface area contributed by atoms with Crippen molar-refractivity contribution in [1.82, 2.24) is 9.97 Å². The molecule has 1 amide bonds. The molecule has 3 aromatic rings. The van der Waals surface area contributed by atoms with Gasteiger partial charge in [-0.05, 0) is 61.8 Å². The van der Waals surface area contributed by atoms with Crippen LogP contribution in [0.3, 0.4) is 0 Å². The van der Waals surface area contributed by atoms with Gasteiger partial charge in [0.05, 0.1) is 0 Å². The van der Waals surface area contributed by atoms with Gasteiger partial charge in [0.2, 0.25) is 5.88 Å². The Hall–Kier alpha value is -3.93. The first-order chi connectivity index (χ1) is 16.1. The van der Waals surface area contributed by atoms with Crippen LogP contribution >= 0.6 is 0 Å². The SMILES string of the molecule is C#N.Cc1c(-c2cc3cc(NC(=O)OC4CCCC4)ncc3cc2F)cnc2c1NCCO2. The molecule has 0 atom stereocenters. The average molecular weight is 449 g/mol. The second-order valence-corrected chi connectivity index (χ2v) is 7.94. The minimum Gasteiger partial charge on any atom is -0.474 e. The van der Waals surface area contributed by atoms with Crippen molar-refractivity contribution in [3.05, 3.63) is 42.0 Å². The van der Waals surface area contributed by atoms with Crippen LogP contribution in [-0.4, -0.2) is 35.3 Å². The standard InChI is InChI=1S/C23H23FN4O3.CHN/c1-13-18(12-27-22-21(13)25-6-7-30-22)17-8-14-10-20(26-11-15(14)9-19(17)24)28-23(29)31-16-4-2-3-5-16;1-2/h8-12,16,25H,2-7H2,1H3,(H,26,28,29);1H. The molecule has 5 rings (SSSR count). The van der Waals surface area contributed by atoms with Crippen LogP contribution in [0.4, 0.5) is 20.7 Å². The number of anilines is 2. The van der Waals surface area contributed by atoms with Crippen LogP contribution in [-0.2, 0) is 4.74 Å². The third kappa shape index (κ3) is 4.65. The Morgan fingerprint density at radius 3 is 2.76 bits per heavy atom. The summed E-state index contributed by atoms with van der Waals surface area (Å²) in [6.07, 6.45) is 6.59. The maximum Gasteiger partial charge on any atom is 0.413 e. The van der Waals surface area contributed by atoms with E-state index in [-0.39, 0.29) is 11.9 Å².